The molecule has 0 aliphatic carbocycles. The molecular weight excluding hydrogens is 228 g/mol. The van der Waals surface area contributed by atoms with Crippen molar-refractivity contribution in [2.24, 2.45) is 0 Å². The Kier molecular flexibility index (Phi) is 3.46. The van der Waals surface area contributed by atoms with Gasteiger partial charge in [0.05, 0.1) is 17.8 Å². The molecule has 0 aromatic heterocycles. The summed E-state index contributed by atoms with van der Waals surface area (Å²) in [5.41, 5.74) is 2.37. The highest BCUT2D eigenvalue weighted by Gasteiger charge is 2.22. The molecule has 1 aliphatic heterocycles. The summed E-state index contributed by atoms with van der Waals surface area (Å²) in [6.45, 7) is 4.03. The van der Waals surface area contributed by atoms with E-state index in [-0.39, 0.29) is 18.1 Å². The third kappa shape index (κ3) is 2.42. The second-order valence-corrected chi connectivity index (χ2v) is 4.24. The third-order valence-corrected chi connectivity index (χ3v) is 2.83. The Balaban J connectivity index is 2.47. The summed E-state index contributed by atoms with van der Waals surface area (Å²) in [7, 11) is 0. The Morgan fingerprint density at radius 1 is 1.44 bits per heavy atom. The number of hydrogen-bond donors (Lipinski definition) is 1. The number of nitrogens with one attached hydrogen (secondary N) is 1. The Morgan fingerprint density at radius 3 is 2.83 bits per heavy atom. The summed E-state index contributed by atoms with van der Waals surface area (Å²) in [5, 5.41) is 3.16. The van der Waals surface area contributed by atoms with Crippen LogP contribution >= 0.6 is 0 Å². The van der Waals surface area contributed by atoms with Gasteiger partial charge in [-0.2, -0.15) is 0 Å². The predicted octanol–water partition coefficient (Wildman–Crippen LogP) is 2.33. The van der Waals surface area contributed by atoms with Gasteiger partial charge in [-0.3, -0.25) is 9.59 Å². The molecule has 0 unspecified atom stereocenters. The molecule has 94 valence electrons. The van der Waals surface area contributed by atoms with Gasteiger partial charge in [-0.15, -0.1) is 0 Å². The number of benzene rings is 1. The van der Waals surface area contributed by atoms with Crippen molar-refractivity contribution in [3.05, 3.63) is 36.0 Å². The zero-order valence-electron chi connectivity index (χ0n) is 10.6. The van der Waals surface area contributed by atoms with E-state index in [1.807, 2.05) is 31.2 Å². The van der Waals surface area contributed by atoms with Crippen molar-refractivity contribution in [2.45, 2.75) is 20.3 Å². The van der Waals surface area contributed by atoms with Crippen LogP contribution < -0.4 is 10.2 Å². The average molecular weight is 244 g/mol. The van der Waals surface area contributed by atoms with Gasteiger partial charge in [0, 0.05) is 18.3 Å². The highest BCUT2D eigenvalue weighted by molar-refractivity contribution is 6.01. The Morgan fingerprint density at radius 2 is 2.17 bits per heavy atom. The molecule has 1 aromatic rings. The van der Waals surface area contributed by atoms with E-state index in [0.717, 1.165) is 11.4 Å². The van der Waals surface area contributed by atoms with E-state index in [0.29, 0.717) is 12.2 Å². The van der Waals surface area contributed by atoms with Crippen LogP contribution in [0.3, 0.4) is 0 Å². The topological polar surface area (TPSA) is 49.4 Å². The van der Waals surface area contributed by atoms with E-state index < -0.39 is 0 Å². The molecular formula is C14H16N2O2. The number of rotatable bonds is 2. The molecule has 0 saturated carbocycles. The number of ketones is 1. The highest BCUT2D eigenvalue weighted by Crippen LogP contribution is 2.31. The minimum atomic E-state index is -0.0623. The van der Waals surface area contributed by atoms with Crippen molar-refractivity contribution in [1.82, 2.24) is 0 Å². The summed E-state index contributed by atoms with van der Waals surface area (Å²) < 4.78 is 0. The third-order valence-electron chi connectivity index (χ3n) is 2.83. The van der Waals surface area contributed by atoms with E-state index in [9.17, 15) is 9.59 Å². The molecule has 18 heavy (non-hydrogen) atoms. The summed E-state index contributed by atoms with van der Waals surface area (Å²) >= 11 is 0. The van der Waals surface area contributed by atoms with Crippen molar-refractivity contribution in [1.29, 1.82) is 0 Å². The molecule has 2 rings (SSSR count). The van der Waals surface area contributed by atoms with Crippen LogP contribution in [0.5, 0.6) is 0 Å². The number of amides is 1. The second-order valence-electron chi connectivity index (χ2n) is 4.24. The molecule has 0 radical (unpaired) electrons. The van der Waals surface area contributed by atoms with Crippen LogP contribution in [0.2, 0.25) is 0 Å². The van der Waals surface area contributed by atoms with Gasteiger partial charge in [0.15, 0.2) is 5.78 Å². The minimum Gasteiger partial charge on any atom is -0.357 e. The lowest BCUT2D eigenvalue weighted by molar-refractivity contribution is -0.117. The summed E-state index contributed by atoms with van der Waals surface area (Å²) in [6, 6.07) is 7.61. The largest absolute Gasteiger partial charge is 0.357 e. The molecule has 0 bridgehead atoms. The molecule has 1 N–H and O–H groups in total. The number of nitrogens with zero attached hydrogens (tertiary/aromatic N) is 1. The van der Waals surface area contributed by atoms with Crippen molar-refractivity contribution >= 4 is 23.1 Å². The number of para-hydroxylation sites is 2. The van der Waals surface area contributed by atoms with Crippen molar-refractivity contribution in [3.8, 4) is 0 Å². The van der Waals surface area contributed by atoms with Crippen LogP contribution in [0.4, 0.5) is 11.4 Å². The molecule has 1 aliphatic rings. The summed E-state index contributed by atoms with van der Waals surface area (Å²) in [6.07, 6.45) is 1.70. The van der Waals surface area contributed by atoms with Crippen molar-refractivity contribution < 1.29 is 9.59 Å². The van der Waals surface area contributed by atoms with Gasteiger partial charge in [-0.05, 0) is 26.0 Å². The maximum atomic E-state index is 12.1. The summed E-state index contributed by atoms with van der Waals surface area (Å²) in [5.74, 6) is -0.0600. The predicted molar refractivity (Wildman–Crippen MR) is 71.5 cm³/mol. The Bertz CT molecular complexity index is 520. The lowest BCUT2D eigenvalue weighted by Gasteiger charge is -2.20. The van der Waals surface area contributed by atoms with Crippen LogP contribution in [-0.2, 0) is 9.59 Å². The number of fused-ring (bicyclic) bond motifs is 1. The lowest BCUT2D eigenvalue weighted by Crippen LogP contribution is -2.29. The van der Waals surface area contributed by atoms with Gasteiger partial charge in [0.2, 0.25) is 5.91 Å². The molecule has 0 fully saturated rings. The number of anilines is 2. The molecule has 4 nitrogen and oxygen atoms in total. The molecule has 1 heterocycles. The quantitative estimate of drug-likeness (QED) is 0.812. The van der Waals surface area contributed by atoms with E-state index in [1.54, 1.807) is 4.90 Å². The fourth-order valence-corrected chi connectivity index (χ4v) is 2.10. The van der Waals surface area contributed by atoms with Gasteiger partial charge in [-0.25, -0.2) is 0 Å². The smallest absolute Gasteiger partial charge is 0.232 e. The van der Waals surface area contributed by atoms with Crippen LogP contribution in [0.1, 0.15) is 20.3 Å². The molecule has 1 aromatic carbocycles. The number of carbonyl (C=O) groups excluding carboxylic acids is 2. The number of allylic oxidation sites excluding steroid dienone is 1. The molecule has 0 saturated heterocycles. The van der Waals surface area contributed by atoms with Crippen LogP contribution in [-0.4, -0.2) is 18.2 Å². The molecule has 1 amide bonds. The molecule has 0 atom stereocenters. The Hall–Kier alpha value is -2.10. The van der Waals surface area contributed by atoms with Gasteiger partial charge >= 0.3 is 0 Å². The fraction of sp³-hybridized carbons (Fsp3) is 0.286. The molecule has 0 spiro atoms. The monoisotopic (exact) mass is 244 g/mol. The standard InChI is InChI=1S/C14H16N2O2/c1-3-16-13-7-5-4-6-12(13)15-11(8-10(2)17)9-14(16)18/h4-8,15H,3,9H2,1-2H3/b11-8+. The first-order valence-corrected chi connectivity index (χ1v) is 5.99. The maximum absolute atomic E-state index is 12.1. The normalized spacial score (nSPS) is 17.1. The first kappa shape index (κ1) is 12.4. The maximum Gasteiger partial charge on any atom is 0.232 e. The highest BCUT2D eigenvalue weighted by atomic mass is 16.2. The average Bonchev–Trinajstić information content (AvgIpc) is 2.43. The van der Waals surface area contributed by atoms with E-state index >= 15 is 0 Å². The van der Waals surface area contributed by atoms with E-state index in [1.165, 1.54) is 13.0 Å². The zero-order valence-corrected chi connectivity index (χ0v) is 10.6. The Labute approximate surface area is 106 Å². The number of carbonyl (C=O) groups is 2. The molecule has 4 heteroatoms. The lowest BCUT2D eigenvalue weighted by atomic mass is 10.2. The van der Waals surface area contributed by atoms with Gasteiger partial charge in [0.1, 0.15) is 0 Å². The van der Waals surface area contributed by atoms with Crippen molar-refractivity contribution in [3.63, 3.8) is 0 Å². The van der Waals surface area contributed by atoms with E-state index in [4.69, 9.17) is 0 Å². The van der Waals surface area contributed by atoms with E-state index in [2.05, 4.69) is 5.32 Å². The first-order chi connectivity index (χ1) is 8.61. The minimum absolute atomic E-state index is 0.00227. The van der Waals surface area contributed by atoms with Gasteiger partial charge < -0.3 is 10.2 Å². The SMILES string of the molecule is CCN1C(=O)C/C(=C\C(C)=O)Nc2ccccc21. The number of hydrogen-bond acceptors (Lipinski definition) is 3. The second kappa shape index (κ2) is 5.04. The van der Waals surface area contributed by atoms with Crippen LogP contribution in [0, 0.1) is 0 Å². The van der Waals surface area contributed by atoms with Crippen molar-refractivity contribution in [2.75, 3.05) is 16.8 Å². The zero-order chi connectivity index (χ0) is 13.1. The summed E-state index contributed by atoms with van der Waals surface area (Å²) in [4.78, 5) is 25.0. The van der Waals surface area contributed by atoms with Crippen LogP contribution in [0.15, 0.2) is 36.0 Å². The first-order valence-electron chi connectivity index (χ1n) is 5.99. The fourth-order valence-electron chi connectivity index (χ4n) is 2.10. The van der Waals surface area contributed by atoms with Gasteiger partial charge in [-0.1, -0.05) is 12.1 Å². The van der Waals surface area contributed by atoms with Gasteiger partial charge in [0.25, 0.3) is 0 Å². The van der Waals surface area contributed by atoms with Crippen LogP contribution in [0.25, 0.3) is 0 Å².